The van der Waals surface area contributed by atoms with E-state index in [1.807, 2.05) is 6.92 Å². The maximum Gasteiger partial charge on any atom is 0.373 e. The van der Waals surface area contributed by atoms with Crippen molar-refractivity contribution in [3.05, 3.63) is 23.7 Å². The van der Waals surface area contributed by atoms with E-state index >= 15 is 0 Å². The number of carbonyl (C=O) groups excluding carboxylic acids is 2. The maximum absolute atomic E-state index is 11.3. The molecule has 1 amide bonds. The van der Waals surface area contributed by atoms with Gasteiger partial charge in [-0.3, -0.25) is 4.79 Å². The number of amides is 1. The zero-order chi connectivity index (χ0) is 14.6. The van der Waals surface area contributed by atoms with Gasteiger partial charge in [-0.05, 0) is 32.9 Å². The van der Waals surface area contributed by atoms with Crippen LogP contribution in [0.25, 0.3) is 0 Å². The molecule has 0 bridgehead atoms. The van der Waals surface area contributed by atoms with Crippen molar-refractivity contribution in [2.45, 2.75) is 26.8 Å². The number of primary amides is 1. The van der Waals surface area contributed by atoms with E-state index in [2.05, 4.69) is 10.1 Å². The van der Waals surface area contributed by atoms with Gasteiger partial charge in [-0.1, -0.05) is 0 Å². The molecule has 1 aromatic heterocycles. The smallest absolute Gasteiger partial charge is 0.373 e. The summed E-state index contributed by atoms with van der Waals surface area (Å²) in [7, 11) is 1.29. The molecular weight excluding hydrogens is 248 g/mol. The van der Waals surface area contributed by atoms with Crippen LogP contribution in [-0.4, -0.2) is 25.5 Å². The van der Waals surface area contributed by atoms with Crippen molar-refractivity contribution >= 4 is 11.9 Å². The summed E-state index contributed by atoms with van der Waals surface area (Å²) in [6, 6.07) is 3.11. The topological polar surface area (TPSA) is 94.6 Å². The van der Waals surface area contributed by atoms with E-state index in [9.17, 15) is 9.59 Å². The molecule has 1 aromatic rings. The molecule has 0 aliphatic rings. The van der Waals surface area contributed by atoms with Gasteiger partial charge in [-0.2, -0.15) is 0 Å². The van der Waals surface area contributed by atoms with Crippen molar-refractivity contribution in [2.24, 2.45) is 11.1 Å². The maximum atomic E-state index is 11.3. The summed E-state index contributed by atoms with van der Waals surface area (Å²) in [6.07, 6.45) is 0. The van der Waals surface area contributed by atoms with Gasteiger partial charge in [0, 0.05) is 6.54 Å². The summed E-state index contributed by atoms with van der Waals surface area (Å²) in [5.74, 6) is -0.140. The number of furan rings is 1. The van der Waals surface area contributed by atoms with Crippen molar-refractivity contribution < 1.29 is 18.7 Å². The highest BCUT2D eigenvalue weighted by Gasteiger charge is 2.26. The third kappa shape index (κ3) is 3.82. The summed E-state index contributed by atoms with van der Waals surface area (Å²) in [5, 5.41) is 3.14. The fourth-order valence-corrected chi connectivity index (χ4v) is 1.39. The molecule has 0 aromatic carbocycles. The molecule has 1 atom stereocenters. The quantitative estimate of drug-likeness (QED) is 0.757. The Morgan fingerprint density at radius 2 is 2.11 bits per heavy atom. The van der Waals surface area contributed by atoms with E-state index in [0.717, 1.165) is 0 Å². The second kappa shape index (κ2) is 5.88. The van der Waals surface area contributed by atoms with E-state index in [0.29, 0.717) is 12.3 Å². The number of methoxy groups -OCH3 is 1. The van der Waals surface area contributed by atoms with E-state index in [1.165, 1.54) is 7.11 Å². The fourth-order valence-electron chi connectivity index (χ4n) is 1.39. The Kier molecular flexibility index (Phi) is 4.72. The predicted octanol–water partition coefficient (Wildman–Crippen LogP) is 1.23. The molecule has 0 fully saturated rings. The predicted molar refractivity (Wildman–Crippen MR) is 69.4 cm³/mol. The molecular formula is C13H20N2O4. The van der Waals surface area contributed by atoms with Gasteiger partial charge in [0.05, 0.1) is 18.6 Å². The summed E-state index contributed by atoms with van der Waals surface area (Å²) in [6.45, 7) is 5.81. The highest BCUT2D eigenvalue weighted by Crippen LogP contribution is 2.19. The first-order chi connectivity index (χ1) is 8.77. The number of rotatable bonds is 6. The molecule has 1 rings (SSSR count). The molecule has 0 aliphatic carbocycles. The van der Waals surface area contributed by atoms with Crippen LogP contribution in [0.4, 0.5) is 0 Å². The lowest BCUT2D eigenvalue weighted by atomic mass is 9.92. The minimum atomic E-state index is -0.647. The average molecular weight is 268 g/mol. The monoisotopic (exact) mass is 268 g/mol. The second-order valence-electron chi connectivity index (χ2n) is 5.04. The van der Waals surface area contributed by atoms with Crippen molar-refractivity contribution in [1.29, 1.82) is 0 Å². The number of carbonyl (C=O) groups is 2. The Balaban J connectivity index is 2.64. The van der Waals surface area contributed by atoms with Crippen LogP contribution in [0.5, 0.6) is 0 Å². The molecule has 0 spiro atoms. The molecule has 1 unspecified atom stereocenters. The SMILES string of the molecule is COC(=O)c1ccc(C(C)NCC(C)(C)C(N)=O)o1. The van der Waals surface area contributed by atoms with Gasteiger partial charge in [-0.25, -0.2) is 4.79 Å². The van der Waals surface area contributed by atoms with E-state index in [-0.39, 0.29) is 17.7 Å². The van der Waals surface area contributed by atoms with Crippen LogP contribution in [0.2, 0.25) is 0 Å². The molecule has 0 aliphatic heterocycles. The van der Waals surface area contributed by atoms with Gasteiger partial charge < -0.3 is 20.2 Å². The molecule has 0 radical (unpaired) electrons. The van der Waals surface area contributed by atoms with Crippen LogP contribution in [-0.2, 0) is 9.53 Å². The molecule has 0 saturated heterocycles. The Hall–Kier alpha value is -1.82. The third-order valence-corrected chi connectivity index (χ3v) is 2.96. The largest absolute Gasteiger partial charge is 0.463 e. The highest BCUT2D eigenvalue weighted by molar-refractivity contribution is 5.86. The number of esters is 1. The normalized spacial score (nSPS) is 13.1. The van der Waals surface area contributed by atoms with Crippen LogP contribution < -0.4 is 11.1 Å². The molecule has 19 heavy (non-hydrogen) atoms. The molecule has 6 heteroatoms. The van der Waals surface area contributed by atoms with Gasteiger partial charge in [0.15, 0.2) is 0 Å². The molecule has 0 saturated carbocycles. The minimum Gasteiger partial charge on any atom is -0.463 e. The lowest BCUT2D eigenvalue weighted by Gasteiger charge is -2.23. The first-order valence-electron chi connectivity index (χ1n) is 5.99. The zero-order valence-electron chi connectivity index (χ0n) is 11.6. The molecule has 6 nitrogen and oxygen atoms in total. The Bertz CT molecular complexity index is 465. The Labute approximate surface area is 112 Å². The first-order valence-corrected chi connectivity index (χ1v) is 5.99. The van der Waals surface area contributed by atoms with Crippen LogP contribution in [0.15, 0.2) is 16.5 Å². The number of hydrogen-bond donors (Lipinski definition) is 2. The number of hydrogen-bond acceptors (Lipinski definition) is 5. The molecule has 3 N–H and O–H groups in total. The van der Waals surface area contributed by atoms with Crippen LogP contribution in [0.1, 0.15) is 43.1 Å². The standard InChI is InChI=1S/C13H20N2O4/c1-8(15-7-13(2,3)12(14)17)9-5-6-10(19-9)11(16)18-4/h5-6,8,15H,7H2,1-4H3,(H2,14,17). The summed E-state index contributed by atoms with van der Waals surface area (Å²) < 4.78 is 9.93. The lowest BCUT2D eigenvalue weighted by molar-refractivity contribution is -0.125. The van der Waals surface area contributed by atoms with Crippen LogP contribution in [0, 0.1) is 5.41 Å². The van der Waals surface area contributed by atoms with E-state index in [1.54, 1.807) is 26.0 Å². The third-order valence-electron chi connectivity index (χ3n) is 2.96. The van der Waals surface area contributed by atoms with Crippen molar-refractivity contribution in [2.75, 3.05) is 13.7 Å². The summed E-state index contributed by atoms with van der Waals surface area (Å²) >= 11 is 0. The van der Waals surface area contributed by atoms with Gasteiger partial charge in [0.25, 0.3) is 0 Å². The Morgan fingerprint density at radius 3 is 2.63 bits per heavy atom. The molecule has 1 heterocycles. The summed E-state index contributed by atoms with van der Waals surface area (Å²) in [5.41, 5.74) is 4.65. The summed E-state index contributed by atoms with van der Waals surface area (Å²) in [4.78, 5) is 22.5. The van der Waals surface area contributed by atoms with Gasteiger partial charge >= 0.3 is 5.97 Å². The zero-order valence-corrected chi connectivity index (χ0v) is 11.6. The second-order valence-corrected chi connectivity index (χ2v) is 5.04. The molecule has 106 valence electrons. The van der Waals surface area contributed by atoms with Crippen molar-refractivity contribution in [3.63, 3.8) is 0 Å². The van der Waals surface area contributed by atoms with Crippen LogP contribution in [0.3, 0.4) is 0 Å². The van der Waals surface area contributed by atoms with Gasteiger partial charge in [0.2, 0.25) is 11.7 Å². The lowest BCUT2D eigenvalue weighted by Crippen LogP contribution is -2.41. The van der Waals surface area contributed by atoms with E-state index in [4.69, 9.17) is 10.2 Å². The van der Waals surface area contributed by atoms with Crippen molar-refractivity contribution in [1.82, 2.24) is 5.32 Å². The van der Waals surface area contributed by atoms with Gasteiger partial charge in [0.1, 0.15) is 5.76 Å². The van der Waals surface area contributed by atoms with Crippen LogP contribution >= 0.6 is 0 Å². The number of nitrogens with one attached hydrogen (secondary N) is 1. The Morgan fingerprint density at radius 1 is 1.47 bits per heavy atom. The van der Waals surface area contributed by atoms with Crippen molar-refractivity contribution in [3.8, 4) is 0 Å². The van der Waals surface area contributed by atoms with Gasteiger partial charge in [-0.15, -0.1) is 0 Å². The first kappa shape index (κ1) is 15.2. The highest BCUT2D eigenvalue weighted by atomic mass is 16.5. The average Bonchev–Trinajstić information content (AvgIpc) is 2.84. The number of ether oxygens (including phenoxy) is 1. The minimum absolute atomic E-state index is 0.142. The van der Waals surface area contributed by atoms with E-state index < -0.39 is 11.4 Å². The fraction of sp³-hybridized carbons (Fsp3) is 0.538. The number of nitrogens with two attached hydrogens (primary N) is 1.